The molecule has 1 aromatic heterocycles. The maximum Gasteiger partial charge on any atom is 0.264 e. The molecule has 1 aliphatic carbocycles. The molecule has 1 heterocycles. The van der Waals surface area contributed by atoms with Crippen LogP contribution in [0.4, 0.5) is 0 Å². The van der Waals surface area contributed by atoms with Crippen LogP contribution in [0.3, 0.4) is 0 Å². The van der Waals surface area contributed by atoms with Gasteiger partial charge in [-0.2, -0.15) is 15.3 Å². The summed E-state index contributed by atoms with van der Waals surface area (Å²) in [7, 11) is 3.18. The molecule has 0 saturated carbocycles. The zero-order valence-corrected chi connectivity index (χ0v) is 15.4. The zero-order valence-electron chi connectivity index (χ0n) is 15.4. The van der Waals surface area contributed by atoms with Crippen LogP contribution in [0.25, 0.3) is 0 Å². The largest absolute Gasteiger partial charge is 0.493 e. The van der Waals surface area contributed by atoms with E-state index in [-0.39, 0.29) is 11.0 Å². The summed E-state index contributed by atoms with van der Waals surface area (Å²) in [6, 6.07) is 7.06. The average Bonchev–Trinajstić information content (AvgIpc) is 2.61. The minimum absolute atomic E-state index is 0.00985. The van der Waals surface area contributed by atoms with Crippen LogP contribution in [0.1, 0.15) is 37.1 Å². The molecule has 7 heteroatoms. The van der Waals surface area contributed by atoms with Crippen LogP contribution < -0.4 is 15.0 Å². The van der Waals surface area contributed by atoms with Gasteiger partial charge in [0.2, 0.25) is 0 Å². The Kier molecular flexibility index (Phi) is 4.88. The molecule has 0 aliphatic heterocycles. The van der Waals surface area contributed by atoms with E-state index < -0.39 is 0 Å². The molecule has 0 atom stereocenters. The van der Waals surface area contributed by atoms with Crippen LogP contribution in [-0.4, -0.2) is 36.3 Å². The predicted octanol–water partition coefficient (Wildman–Crippen LogP) is 2.58. The first-order chi connectivity index (χ1) is 12.4. The van der Waals surface area contributed by atoms with E-state index in [1.54, 1.807) is 26.5 Å². The number of hydrogen-bond acceptors (Lipinski definition) is 6. The summed E-state index contributed by atoms with van der Waals surface area (Å²) in [6.07, 6.45) is 3.17. The maximum atomic E-state index is 11.6. The lowest BCUT2D eigenvalue weighted by Gasteiger charge is -2.30. The van der Waals surface area contributed by atoms with E-state index in [4.69, 9.17) is 9.47 Å². The summed E-state index contributed by atoms with van der Waals surface area (Å²) in [5.41, 5.74) is 3.01. The number of aromatic nitrogens is 2. The highest BCUT2D eigenvalue weighted by atomic mass is 16.5. The lowest BCUT2D eigenvalue weighted by molar-refractivity contribution is 0.355. The van der Waals surface area contributed by atoms with Gasteiger partial charge in [0.05, 0.1) is 31.8 Å². The molecule has 3 rings (SSSR count). The Morgan fingerprint density at radius 2 is 1.92 bits per heavy atom. The van der Waals surface area contributed by atoms with Gasteiger partial charge in [0.15, 0.2) is 11.5 Å². The van der Waals surface area contributed by atoms with Gasteiger partial charge in [-0.3, -0.25) is 4.79 Å². The Morgan fingerprint density at radius 3 is 2.65 bits per heavy atom. The van der Waals surface area contributed by atoms with Crippen LogP contribution >= 0.6 is 0 Å². The number of ether oxygens (including phenoxy) is 2. The molecule has 0 radical (unpaired) electrons. The molecular formula is C19H22N4O3. The van der Waals surface area contributed by atoms with Crippen molar-refractivity contribution in [2.75, 3.05) is 14.2 Å². The highest BCUT2D eigenvalue weighted by molar-refractivity contribution is 6.03. The highest BCUT2D eigenvalue weighted by Crippen LogP contribution is 2.33. The summed E-state index contributed by atoms with van der Waals surface area (Å²) in [5.74, 6) is 1.29. The fourth-order valence-corrected chi connectivity index (χ4v) is 3.07. The highest BCUT2D eigenvalue weighted by Gasteiger charge is 2.31. The first-order valence-corrected chi connectivity index (χ1v) is 8.33. The molecule has 0 unspecified atom stereocenters. The number of benzene rings is 1. The van der Waals surface area contributed by atoms with Gasteiger partial charge >= 0.3 is 0 Å². The van der Waals surface area contributed by atoms with E-state index >= 15 is 0 Å². The minimum Gasteiger partial charge on any atom is -0.493 e. The zero-order chi connectivity index (χ0) is 18.7. The van der Waals surface area contributed by atoms with Gasteiger partial charge in [-0.05, 0) is 42.0 Å². The van der Waals surface area contributed by atoms with Crippen molar-refractivity contribution in [1.82, 2.24) is 10.2 Å². The van der Waals surface area contributed by atoms with Crippen LogP contribution in [0.2, 0.25) is 0 Å². The second-order valence-corrected chi connectivity index (χ2v) is 7.02. The third-order valence-electron chi connectivity index (χ3n) is 4.28. The van der Waals surface area contributed by atoms with Crippen LogP contribution in [0, 0.1) is 5.41 Å². The standard InChI is InChI=1S/C19H22N4O3/c1-19(2)9-14(13-8-18(24)23-22-15(13)10-19)21-20-11-12-5-6-16(25-3)17(7-12)26-4/h5-8,11H,9-10H2,1-4H3,(H,23,24). The molecule has 0 fully saturated rings. The maximum absolute atomic E-state index is 11.6. The Hall–Kier alpha value is -2.96. The number of fused-ring (bicyclic) bond motifs is 1. The summed E-state index contributed by atoms with van der Waals surface area (Å²) in [4.78, 5) is 11.6. The molecule has 136 valence electrons. The number of hydrogen-bond donors (Lipinski definition) is 1. The van der Waals surface area contributed by atoms with Crippen molar-refractivity contribution in [3.8, 4) is 11.5 Å². The Bertz CT molecular complexity index is 929. The molecule has 1 aliphatic rings. The smallest absolute Gasteiger partial charge is 0.264 e. The number of rotatable bonds is 4. The van der Waals surface area contributed by atoms with E-state index in [1.807, 2.05) is 18.2 Å². The van der Waals surface area contributed by atoms with E-state index in [0.29, 0.717) is 11.5 Å². The molecule has 0 amide bonds. The Morgan fingerprint density at radius 1 is 1.15 bits per heavy atom. The van der Waals surface area contributed by atoms with Crippen molar-refractivity contribution in [2.24, 2.45) is 15.6 Å². The summed E-state index contributed by atoms with van der Waals surface area (Å²) in [5, 5.41) is 15.3. The fraction of sp³-hybridized carbons (Fsp3) is 0.368. The summed E-state index contributed by atoms with van der Waals surface area (Å²) >= 11 is 0. The SMILES string of the molecule is COc1ccc(C=NN=C2CC(C)(C)Cc3n[nH]c(=O)cc32)cc1OC. The van der Waals surface area contributed by atoms with Crippen LogP contribution in [0.15, 0.2) is 39.3 Å². The third kappa shape index (κ3) is 3.82. The first-order valence-electron chi connectivity index (χ1n) is 8.33. The molecule has 26 heavy (non-hydrogen) atoms. The second-order valence-electron chi connectivity index (χ2n) is 7.02. The summed E-state index contributed by atoms with van der Waals surface area (Å²) < 4.78 is 10.5. The van der Waals surface area contributed by atoms with Gasteiger partial charge in [0.1, 0.15) is 0 Å². The van der Waals surface area contributed by atoms with Crippen molar-refractivity contribution in [1.29, 1.82) is 0 Å². The minimum atomic E-state index is -0.236. The van der Waals surface area contributed by atoms with Crippen molar-refractivity contribution >= 4 is 11.9 Å². The molecule has 0 spiro atoms. The molecule has 0 bridgehead atoms. The second kappa shape index (κ2) is 7.11. The van der Waals surface area contributed by atoms with E-state index in [2.05, 4.69) is 34.2 Å². The van der Waals surface area contributed by atoms with Crippen molar-refractivity contribution in [3.63, 3.8) is 0 Å². The Balaban J connectivity index is 1.92. The lowest BCUT2D eigenvalue weighted by Crippen LogP contribution is -2.30. The van der Waals surface area contributed by atoms with Gasteiger partial charge in [0, 0.05) is 11.6 Å². The normalized spacial score (nSPS) is 17.3. The molecular weight excluding hydrogens is 332 g/mol. The van der Waals surface area contributed by atoms with Crippen molar-refractivity contribution in [2.45, 2.75) is 26.7 Å². The van der Waals surface area contributed by atoms with Crippen molar-refractivity contribution < 1.29 is 9.47 Å². The topological polar surface area (TPSA) is 88.9 Å². The Labute approximate surface area is 151 Å². The van der Waals surface area contributed by atoms with Gasteiger partial charge in [-0.25, -0.2) is 5.10 Å². The first kappa shape index (κ1) is 17.8. The fourth-order valence-electron chi connectivity index (χ4n) is 3.07. The number of nitrogens with zero attached hydrogens (tertiary/aromatic N) is 3. The van der Waals surface area contributed by atoms with Gasteiger partial charge in [-0.15, -0.1) is 0 Å². The predicted molar refractivity (Wildman–Crippen MR) is 101 cm³/mol. The van der Waals surface area contributed by atoms with Crippen LogP contribution in [0.5, 0.6) is 11.5 Å². The molecule has 7 nitrogen and oxygen atoms in total. The number of aromatic amines is 1. The number of H-pyrrole nitrogens is 1. The molecule has 1 N–H and O–H groups in total. The average molecular weight is 354 g/mol. The lowest BCUT2D eigenvalue weighted by atomic mass is 9.75. The van der Waals surface area contributed by atoms with E-state index in [9.17, 15) is 4.79 Å². The van der Waals surface area contributed by atoms with Gasteiger partial charge < -0.3 is 9.47 Å². The van der Waals surface area contributed by atoms with Gasteiger partial charge in [-0.1, -0.05) is 13.8 Å². The van der Waals surface area contributed by atoms with E-state index in [0.717, 1.165) is 35.4 Å². The van der Waals surface area contributed by atoms with Crippen LogP contribution in [-0.2, 0) is 6.42 Å². The number of nitrogens with one attached hydrogen (secondary N) is 1. The number of methoxy groups -OCH3 is 2. The molecule has 0 saturated heterocycles. The molecule has 1 aromatic carbocycles. The third-order valence-corrected chi connectivity index (χ3v) is 4.28. The van der Waals surface area contributed by atoms with Gasteiger partial charge in [0.25, 0.3) is 5.56 Å². The monoisotopic (exact) mass is 354 g/mol. The quantitative estimate of drug-likeness (QED) is 0.675. The molecule has 2 aromatic rings. The van der Waals surface area contributed by atoms with E-state index in [1.165, 1.54) is 0 Å². The summed E-state index contributed by atoms with van der Waals surface area (Å²) in [6.45, 7) is 4.30. The van der Waals surface area contributed by atoms with Crippen molar-refractivity contribution in [3.05, 3.63) is 51.4 Å².